The molecule has 1 amide bonds. The van der Waals surface area contributed by atoms with Crippen LogP contribution >= 0.6 is 0 Å². The van der Waals surface area contributed by atoms with E-state index in [0.717, 1.165) is 5.69 Å². The van der Waals surface area contributed by atoms with E-state index in [0.29, 0.717) is 31.7 Å². The van der Waals surface area contributed by atoms with Crippen LogP contribution in [0.3, 0.4) is 0 Å². The Hall–Kier alpha value is -2.28. The van der Waals surface area contributed by atoms with Gasteiger partial charge in [0, 0.05) is 31.4 Å². The summed E-state index contributed by atoms with van der Waals surface area (Å²) in [5, 5.41) is 10.4. The predicted molar refractivity (Wildman–Crippen MR) is 69.4 cm³/mol. The zero-order valence-electron chi connectivity index (χ0n) is 10.5. The maximum atomic E-state index is 11.8. The molecule has 2 rings (SSSR count). The normalized spacial score (nSPS) is 10.4. The third-order valence-corrected chi connectivity index (χ3v) is 2.52. The molecule has 19 heavy (non-hydrogen) atoms. The van der Waals surface area contributed by atoms with Gasteiger partial charge in [-0.1, -0.05) is 11.3 Å². The highest BCUT2D eigenvalue weighted by molar-refractivity contribution is 5.91. The molecule has 0 bridgehead atoms. The summed E-state index contributed by atoms with van der Waals surface area (Å²) < 4.78 is 1.55. The molecule has 2 aromatic heterocycles. The molecule has 0 saturated heterocycles. The Balaban J connectivity index is 1.80. The predicted octanol–water partition coefficient (Wildman–Crippen LogP) is -0.396. The minimum atomic E-state index is -0.237. The number of hydrogen-bond donors (Lipinski definition) is 2. The highest BCUT2D eigenvalue weighted by Crippen LogP contribution is 1.95. The highest BCUT2D eigenvalue weighted by Gasteiger charge is 2.09. The Morgan fingerprint density at radius 2 is 2.32 bits per heavy atom. The average molecular weight is 260 g/mol. The Labute approximate surface area is 110 Å². The van der Waals surface area contributed by atoms with Crippen LogP contribution in [0.2, 0.25) is 0 Å². The molecule has 0 radical (unpaired) electrons. The van der Waals surface area contributed by atoms with Crippen molar-refractivity contribution in [3.05, 3.63) is 42.0 Å². The molecule has 0 fully saturated rings. The molecule has 100 valence electrons. The van der Waals surface area contributed by atoms with Crippen molar-refractivity contribution >= 4 is 5.91 Å². The summed E-state index contributed by atoms with van der Waals surface area (Å²) in [6, 6.07) is 5.70. The SMILES string of the molecule is NCCn1cc(C(=O)NCCc2ccccn2)nn1. The molecule has 0 aliphatic heterocycles. The molecular formula is C12H16N6O. The third-order valence-electron chi connectivity index (χ3n) is 2.52. The molecule has 0 atom stereocenters. The number of hydrogen-bond acceptors (Lipinski definition) is 5. The van der Waals surface area contributed by atoms with Gasteiger partial charge in [0.05, 0.1) is 12.7 Å². The van der Waals surface area contributed by atoms with Crippen LogP contribution in [0.15, 0.2) is 30.6 Å². The lowest BCUT2D eigenvalue weighted by molar-refractivity contribution is 0.0949. The number of nitrogens with one attached hydrogen (secondary N) is 1. The van der Waals surface area contributed by atoms with Crippen LogP contribution < -0.4 is 11.1 Å². The van der Waals surface area contributed by atoms with E-state index in [1.54, 1.807) is 17.1 Å². The van der Waals surface area contributed by atoms with Gasteiger partial charge in [0.1, 0.15) is 0 Å². The Bertz CT molecular complexity index is 524. The van der Waals surface area contributed by atoms with Gasteiger partial charge in [-0.25, -0.2) is 0 Å². The van der Waals surface area contributed by atoms with Crippen molar-refractivity contribution in [1.82, 2.24) is 25.3 Å². The van der Waals surface area contributed by atoms with E-state index in [1.165, 1.54) is 0 Å². The van der Waals surface area contributed by atoms with Crippen molar-refractivity contribution in [3.8, 4) is 0 Å². The quantitative estimate of drug-likeness (QED) is 0.736. The number of carbonyl (C=O) groups is 1. The number of nitrogens with two attached hydrogens (primary N) is 1. The molecule has 0 aromatic carbocycles. The summed E-state index contributed by atoms with van der Waals surface area (Å²) in [6.07, 6.45) is 4.00. The molecule has 0 aliphatic rings. The fourth-order valence-electron chi connectivity index (χ4n) is 1.58. The van der Waals surface area contributed by atoms with Gasteiger partial charge in [-0.15, -0.1) is 5.10 Å². The van der Waals surface area contributed by atoms with Crippen LogP contribution in [-0.2, 0) is 13.0 Å². The smallest absolute Gasteiger partial charge is 0.273 e. The summed E-state index contributed by atoms with van der Waals surface area (Å²) in [7, 11) is 0. The highest BCUT2D eigenvalue weighted by atomic mass is 16.2. The van der Waals surface area contributed by atoms with Crippen LogP contribution in [0.1, 0.15) is 16.2 Å². The largest absolute Gasteiger partial charge is 0.350 e. The zero-order valence-corrected chi connectivity index (χ0v) is 10.5. The molecule has 3 N–H and O–H groups in total. The molecule has 0 aliphatic carbocycles. The number of amides is 1. The molecule has 2 heterocycles. The van der Waals surface area contributed by atoms with Gasteiger partial charge in [0.25, 0.3) is 5.91 Å². The van der Waals surface area contributed by atoms with Gasteiger partial charge in [-0.3, -0.25) is 14.5 Å². The van der Waals surface area contributed by atoms with E-state index >= 15 is 0 Å². The summed E-state index contributed by atoms with van der Waals surface area (Å²) in [6.45, 7) is 1.53. The molecule has 0 spiro atoms. The lowest BCUT2D eigenvalue weighted by Crippen LogP contribution is -2.26. The minimum absolute atomic E-state index is 0.237. The molecule has 0 saturated carbocycles. The monoisotopic (exact) mass is 260 g/mol. The van der Waals surface area contributed by atoms with Gasteiger partial charge in [-0.05, 0) is 12.1 Å². The van der Waals surface area contributed by atoms with Crippen molar-refractivity contribution in [1.29, 1.82) is 0 Å². The number of rotatable bonds is 6. The first-order valence-corrected chi connectivity index (χ1v) is 6.08. The first-order chi connectivity index (χ1) is 9.29. The summed E-state index contributed by atoms with van der Waals surface area (Å²) in [5.74, 6) is -0.237. The van der Waals surface area contributed by atoms with E-state index in [2.05, 4.69) is 20.6 Å². The maximum Gasteiger partial charge on any atom is 0.273 e. The van der Waals surface area contributed by atoms with Gasteiger partial charge < -0.3 is 11.1 Å². The standard InChI is InChI=1S/C12H16N6O/c13-5-8-18-9-11(16-17-18)12(19)15-7-4-10-3-1-2-6-14-10/h1-3,6,9H,4-5,7-8,13H2,(H,15,19). The lowest BCUT2D eigenvalue weighted by Gasteiger charge is -2.02. The van der Waals surface area contributed by atoms with Gasteiger partial charge in [0.2, 0.25) is 0 Å². The van der Waals surface area contributed by atoms with Crippen LogP contribution in [-0.4, -0.2) is 39.0 Å². The van der Waals surface area contributed by atoms with Crippen LogP contribution in [0.4, 0.5) is 0 Å². The summed E-state index contributed by atoms with van der Waals surface area (Å²) >= 11 is 0. The Morgan fingerprint density at radius 3 is 3.05 bits per heavy atom. The summed E-state index contributed by atoms with van der Waals surface area (Å²) in [5.41, 5.74) is 6.63. The van der Waals surface area contributed by atoms with Crippen molar-refractivity contribution in [3.63, 3.8) is 0 Å². The molecular weight excluding hydrogens is 244 g/mol. The minimum Gasteiger partial charge on any atom is -0.350 e. The fraction of sp³-hybridized carbons (Fsp3) is 0.333. The zero-order chi connectivity index (χ0) is 13.5. The van der Waals surface area contributed by atoms with Gasteiger partial charge in [0.15, 0.2) is 5.69 Å². The number of aromatic nitrogens is 4. The van der Waals surface area contributed by atoms with Crippen LogP contribution in [0.25, 0.3) is 0 Å². The van der Waals surface area contributed by atoms with E-state index in [9.17, 15) is 4.79 Å². The average Bonchev–Trinajstić information content (AvgIpc) is 2.89. The van der Waals surface area contributed by atoms with Gasteiger partial charge in [-0.2, -0.15) is 0 Å². The van der Waals surface area contributed by atoms with Crippen molar-refractivity contribution in [2.75, 3.05) is 13.1 Å². The van der Waals surface area contributed by atoms with E-state index < -0.39 is 0 Å². The Morgan fingerprint density at radius 1 is 1.42 bits per heavy atom. The summed E-state index contributed by atoms with van der Waals surface area (Å²) in [4.78, 5) is 16.0. The number of nitrogens with zero attached hydrogens (tertiary/aromatic N) is 4. The topological polar surface area (TPSA) is 98.7 Å². The molecule has 2 aromatic rings. The van der Waals surface area contributed by atoms with Gasteiger partial charge >= 0.3 is 0 Å². The van der Waals surface area contributed by atoms with Crippen molar-refractivity contribution in [2.24, 2.45) is 5.73 Å². The lowest BCUT2D eigenvalue weighted by atomic mass is 10.2. The Kier molecular flexibility index (Phi) is 4.57. The van der Waals surface area contributed by atoms with E-state index in [-0.39, 0.29) is 5.91 Å². The van der Waals surface area contributed by atoms with Crippen molar-refractivity contribution < 1.29 is 4.79 Å². The molecule has 7 nitrogen and oxygen atoms in total. The molecule has 0 unspecified atom stereocenters. The van der Waals surface area contributed by atoms with Crippen LogP contribution in [0, 0.1) is 0 Å². The fourth-order valence-corrected chi connectivity index (χ4v) is 1.58. The second-order valence-corrected chi connectivity index (χ2v) is 3.98. The first-order valence-electron chi connectivity index (χ1n) is 6.08. The number of pyridine rings is 1. The second kappa shape index (κ2) is 6.60. The number of carbonyl (C=O) groups excluding carboxylic acids is 1. The van der Waals surface area contributed by atoms with E-state index in [1.807, 2.05) is 18.2 Å². The van der Waals surface area contributed by atoms with Crippen LogP contribution in [0.5, 0.6) is 0 Å². The van der Waals surface area contributed by atoms with E-state index in [4.69, 9.17) is 5.73 Å². The molecule has 7 heteroatoms. The third kappa shape index (κ3) is 3.85. The van der Waals surface area contributed by atoms with Crippen molar-refractivity contribution in [2.45, 2.75) is 13.0 Å². The first kappa shape index (κ1) is 13.2. The second-order valence-electron chi connectivity index (χ2n) is 3.98. The maximum absolute atomic E-state index is 11.8.